The summed E-state index contributed by atoms with van der Waals surface area (Å²) in [7, 11) is 0. The van der Waals surface area contributed by atoms with Crippen molar-refractivity contribution in [2.75, 3.05) is 11.5 Å². The molecule has 0 aromatic carbocycles. The van der Waals surface area contributed by atoms with Gasteiger partial charge in [-0.1, -0.05) is 17.4 Å². The van der Waals surface area contributed by atoms with Crippen molar-refractivity contribution in [2.24, 2.45) is 0 Å². The van der Waals surface area contributed by atoms with Crippen LogP contribution in [0.15, 0.2) is 30.1 Å². The summed E-state index contributed by atoms with van der Waals surface area (Å²) >= 11 is 3.13. The molecule has 0 unspecified atom stereocenters. The molecule has 14 heavy (non-hydrogen) atoms. The molecule has 2 N–H and O–H groups in total. The molecule has 0 saturated carbocycles. The first-order valence-electron chi connectivity index (χ1n) is 4.05. The molecule has 2 aromatic heterocycles. The first-order chi connectivity index (χ1) is 6.81. The summed E-state index contributed by atoms with van der Waals surface area (Å²) in [4.78, 5) is 9.32. The van der Waals surface area contributed by atoms with Crippen molar-refractivity contribution in [1.82, 2.24) is 9.97 Å². The highest BCUT2D eigenvalue weighted by molar-refractivity contribution is 7.99. The van der Waals surface area contributed by atoms with E-state index in [9.17, 15) is 0 Å². The van der Waals surface area contributed by atoms with Gasteiger partial charge in [-0.25, -0.2) is 9.97 Å². The standard InChI is InChI=1S/C9H9N3S2/c1-2-3-13-8-6-4-7(10)14-9(6)12-5-11-8/h2,4-5H,1,3,10H2. The molecule has 0 bridgehead atoms. The molecule has 0 atom stereocenters. The van der Waals surface area contributed by atoms with E-state index in [1.165, 1.54) is 11.3 Å². The number of hydrogen-bond donors (Lipinski definition) is 1. The molecule has 2 rings (SSSR count). The van der Waals surface area contributed by atoms with Gasteiger partial charge in [0, 0.05) is 11.1 Å². The van der Waals surface area contributed by atoms with Gasteiger partial charge >= 0.3 is 0 Å². The van der Waals surface area contributed by atoms with Crippen molar-refractivity contribution in [3.63, 3.8) is 0 Å². The van der Waals surface area contributed by atoms with Crippen molar-refractivity contribution >= 4 is 38.3 Å². The van der Waals surface area contributed by atoms with E-state index in [1.54, 1.807) is 18.1 Å². The van der Waals surface area contributed by atoms with E-state index in [-0.39, 0.29) is 0 Å². The fourth-order valence-corrected chi connectivity index (χ4v) is 2.64. The molecule has 2 heterocycles. The van der Waals surface area contributed by atoms with E-state index in [0.717, 1.165) is 26.0 Å². The number of fused-ring (bicyclic) bond motifs is 1. The first kappa shape index (κ1) is 9.48. The molecule has 0 spiro atoms. The lowest BCUT2D eigenvalue weighted by Gasteiger charge is -1.97. The van der Waals surface area contributed by atoms with Gasteiger partial charge in [0.2, 0.25) is 0 Å². The van der Waals surface area contributed by atoms with Crippen molar-refractivity contribution in [2.45, 2.75) is 5.03 Å². The summed E-state index contributed by atoms with van der Waals surface area (Å²) in [5.74, 6) is 0.849. The number of nitrogens with two attached hydrogens (primary N) is 1. The minimum atomic E-state index is 0.779. The lowest BCUT2D eigenvalue weighted by Crippen LogP contribution is -1.83. The van der Waals surface area contributed by atoms with Crippen molar-refractivity contribution in [3.05, 3.63) is 25.0 Å². The topological polar surface area (TPSA) is 51.8 Å². The van der Waals surface area contributed by atoms with Gasteiger partial charge in [-0.2, -0.15) is 0 Å². The second kappa shape index (κ2) is 3.98. The second-order valence-electron chi connectivity index (χ2n) is 2.65. The summed E-state index contributed by atoms with van der Waals surface area (Å²) in [5.41, 5.74) is 5.71. The Morgan fingerprint density at radius 1 is 1.57 bits per heavy atom. The predicted octanol–water partition coefficient (Wildman–Crippen LogP) is 2.55. The van der Waals surface area contributed by atoms with Gasteiger partial charge in [-0.05, 0) is 6.07 Å². The Kier molecular flexibility index (Phi) is 2.69. The lowest BCUT2D eigenvalue weighted by atomic mass is 10.4. The highest BCUT2D eigenvalue weighted by atomic mass is 32.2. The van der Waals surface area contributed by atoms with E-state index in [0.29, 0.717) is 0 Å². The fourth-order valence-electron chi connectivity index (χ4n) is 1.11. The number of hydrogen-bond acceptors (Lipinski definition) is 5. The van der Waals surface area contributed by atoms with Crippen LogP contribution in [0.1, 0.15) is 0 Å². The average molecular weight is 223 g/mol. The molecule has 0 amide bonds. The van der Waals surface area contributed by atoms with E-state index < -0.39 is 0 Å². The zero-order valence-electron chi connectivity index (χ0n) is 7.43. The van der Waals surface area contributed by atoms with Crippen LogP contribution in [0.3, 0.4) is 0 Å². The van der Waals surface area contributed by atoms with Gasteiger partial charge in [0.05, 0.1) is 5.00 Å². The second-order valence-corrected chi connectivity index (χ2v) is 4.72. The first-order valence-corrected chi connectivity index (χ1v) is 5.85. The van der Waals surface area contributed by atoms with Crippen LogP contribution in [0.2, 0.25) is 0 Å². The van der Waals surface area contributed by atoms with Crippen LogP contribution in [0, 0.1) is 0 Å². The van der Waals surface area contributed by atoms with Crippen molar-refractivity contribution < 1.29 is 0 Å². The highest BCUT2D eigenvalue weighted by Crippen LogP contribution is 2.31. The third kappa shape index (κ3) is 1.73. The smallest absolute Gasteiger partial charge is 0.129 e. The number of nitrogen functional groups attached to an aromatic ring is 1. The highest BCUT2D eigenvalue weighted by Gasteiger charge is 2.06. The fraction of sp³-hybridized carbons (Fsp3) is 0.111. The normalized spacial score (nSPS) is 10.6. The molecule has 0 aliphatic rings. The van der Waals surface area contributed by atoms with Crippen LogP contribution >= 0.6 is 23.1 Å². The largest absolute Gasteiger partial charge is 0.391 e. The molecule has 72 valence electrons. The zero-order valence-corrected chi connectivity index (χ0v) is 9.07. The lowest BCUT2D eigenvalue weighted by molar-refractivity contribution is 1.11. The minimum Gasteiger partial charge on any atom is -0.391 e. The molecule has 0 fully saturated rings. The number of thiophene rings is 1. The molecule has 3 nitrogen and oxygen atoms in total. The van der Waals surface area contributed by atoms with Gasteiger partial charge in [0.15, 0.2) is 0 Å². The SMILES string of the molecule is C=CCSc1ncnc2sc(N)cc12. The van der Waals surface area contributed by atoms with Crippen LogP contribution in [0.4, 0.5) is 5.00 Å². The number of rotatable bonds is 3. The number of aromatic nitrogens is 2. The summed E-state index contributed by atoms with van der Waals surface area (Å²) < 4.78 is 0. The Labute approximate surface area is 90.1 Å². The quantitative estimate of drug-likeness (QED) is 0.493. The predicted molar refractivity (Wildman–Crippen MR) is 62.7 cm³/mol. The maximum Gasteiger partial charge on any atom is 0.129 e. The van der Waals surface area contributed by atoms with Crippen LogP contribution in [-0.2, 0) is 0 Å². The zero-order chi connectivity index (χ0) is 9.97. The molecule has 5 heteroatoms. The third-order valence-electron chi connectivity index (χ3n) is 1.65. The van der Waals surface area contributed by atoms with Crippen LogP contribution in [-0.4, -0.2) is 15.7 Å². The van der Waals surface area contributed by atoms with E-state index in [1.807, 2.05) is 12.1 Å². The molecule has 0 aliphatic heterocycles. The van der Waals surface area contributed by atoms with E-state index in [2.05, 4.69) is 16.5 Å². The number of nitrogens with zero attached hydrogens (tertiary/aromatic N) is 2. The molecule has 0 saturated heterocycles. The van der Waals surface area contributed by atoms with E-state index >= 15 is 0 Å². The minimum absolute atomic E-state index is 0.779. The van der Waals surface area contributed by atoms with Gasteiger partial charge in [-0.3, -0.25) is 0 Å². The Morgan fingerprint density at radius 2 is 2.43 bits per heavy atom. The average Bonchev–Trinajstić information content (AvgIpc) is 2.55. The van der Waals surface area contributed by atoms with Crippen molar-refractivity contribution in [3.8, 4) is 0 Å². The van der Waals surface area contributed by atoms with Crippen LogP contribution in [0.25, 0.3) is 10.2 Å². The Morgan fingerprint density at radius 3 is 3.21 bits per heavy atom. The molecule has 0 radical (unpaired) electrons. The van der Waals surface area contributed by atoms with Gasteiger partial charge in [0.1, 0.15) is 16.2 Å². The van der Waals surface area contributed by atoms with Crippen molar-refractivity contribution in [1.29, 1.82) is 0 Å². The number of anilines is 1. The molecular weight excluding hydrogens is 214 g/mol. The monoisotopic (exact) mass is 223 g/mol. The van der Waals surface area contributed by atoms with Gasteiger partial charge in [-0.15, -0.1) is 18.3 Å². The van der Waals surface area contributed by atoms with Crippen LogP contribution in [0.5, 0.6) is 0 Å². The number of thioether (sulfide) groups is 1. The Hall–Kier alpha value is -1.07. The Balaban J connectivity index is 2.47. The van der Waals surface area contributed by atoms with Gasteiger partial charge in [0.25, 0.3) is 0 Å². The maximum absolute atomic E-state index is 5.71. The molecule has 2 aromatic rings. The summed E-state index contributed by atoms with van der Waals surface area (Å²) in [6.07, 6.45) is 3.43. The van der Waals surface area contributed by atoms with E-state index in [4.69, 9.17) is 5.73 Å². The molecule has 0 aliphatic carbocycles. The Bertz CT molecular complexity index is 464. The summed E-state index contributed by atoms with van der Waals surface area (Å²) in [6, 6.07) is 1.92. The van der Waals surface area contributed by atoms with Crippen LogP contribution < -0.4 is 5.73 Å². The van der Waals surface area contributed by atoms with Gasteiger partial charge < -0.3 is 5.73 Å². The third-order valence-corrected chi connectivity index (χ3v) is 3.52. The summed E-state index contributed by atoms with van der Waals surface area (Å²) in [5, 5.41) is 2.80. The molecular formula is C9H9N3S2. The maximum atomic E-state index is 5.71. The summed E-state index contributed by atoms with van der Waals surface area (Å²) in [6.45, 7) is 3.67.